The van der Waals surface area contributed by atoms with E-state index >= 15 is 0 Å². The van der Waals surface area contributed by atoms with Crippen LogP contribution in [0.2, 0.25) is 0 Å². The topological polar surface area (TPSA) is 12.9 Å². The Labute approximate surface area is 59.7 Å². The quantitative estimate of drug-likeness (QED) is 0.582. The molecule has 0 aliphatic heterocycles. The number of alkyl halides is 2. The first kappa shape index (κ1) is 7.97. The van der Waals surface area contributed by atoms with E-state index in [0.717, 1.165) is 0 Å². The largest absolute Gasteiger partial charge is 0.280 e. The summed E-state index contributed by atoms with van der Waals surface area (Å²) >= 11 is 0. The first-order valence-corrected chi connectivity index (χ1v) is 2.70. The van der Waals surface area contributed by atoms with Crippen molar-refractivity contribution in [2.24, 2.45) is 0 Å². The molecule has 1 nitrogen and oxygen atoms in total. The molecule has 0 fully saturated rings. The van der Waals surface area contributed by atoms with E-state index < -0.39 is 23.8 Å². The van der Waals surface area contributed by atoms with Gasteiger partial charge in [0.15, 0.2) is 11.6 Å². The van der Waals surface area contributed by atoms with E-state index in [1.54, 1.807) is 0 Å². The van der Waals surface area contributed by atoms with Crippen LogP contribution in [-0.4, -0.2) is 4.98 Å². The Morgan fingerprint density at radius 1 is 1.18 bits per heavy atom. The molecule has 0 unspecified atom stereocenters. The van der Waals surface area contributed by atoms with Gasteiger partial charge in [0.25, 0.3) is 6.43 Å². The van der Waals surface area contributed by atoms with Crippen LogP contribution in [-0.2, 0) is 0 Å². The van der Waals surface area contributed by atoms with Crippen LogP contribution in [0.25, 0.3) is 0 Å². The molecular weight excluding hydrogens is 162 g/mol. The van der Waals surface area contributed by atoms with Gasteiger partial charge in [0.1, 0.15) is 5.69 Å². The van der Waals surface area contributed by atoms with Crippen molar-refractivity contribution in [1.29, 1.82) is 0 Å². The molecule has 0 aliphatic carbocycles. The molecule has 0 atom stereocenters. The Bertz CT molecular complexity index is 261. The highest BCUT2D eigenvalue weighted by Crippen LogP contribution is 2.17. The summed E-state index contributed by atoms with van der Waals surface area (Å²) in [6, 6.07) is 0.375. The molecule has 60 valence electrons. The number of nitrogens with zero attached hydrogens (tertiary/aromatic N) is 1. The zero-order valence-electron chi connectivity index (χ0n) is 5.19. The lowest BCUT2D eigenvalue weighted by Crippen LogP contribution is -1.93. The number of rotatable bonds is 1. The molecule has 1 aromatic rings. The van der Waals surface area contributed by atoms with E-state index in [9.17, 15) is 17.6 Å². The van der Waals surface area contributed by atoms with Crippen LogP contribution in [0.5, 0.6) is 0 Å². The first-order valence-electron chi connectivity index (χ1n) is 2.70. The molecule has 1 heterocycles. The van der Waals surface area contributed by atoms with Crippen molar-refractivity contribution in [2.75, 3.05) is 0 Å². The third-order valence-electron chi connectivity index (χ3n) is 1.05. The minimum atomic E-state index is -2.87. The molecule has 1 rings (SSSR count). The van der Waals surface area contributed by atoms with Crippen LogP contribution in [0, 0.1) is 11.6 Å². The Morgan fingerprint density at radius 2 is 1.82 bits per heavy atom. The summed E-state index contributed by atoms with van der Waals surface area (Å²) in [5, 5.41) is 0. The van der Waals surface area contributed by atoms with Crippen LogP contribution in [0.1, 0.15) is 12.1 Å². The molecule has 1 aromatic heterocycles. The maximum absolute atomic E-state index is 12.2. The fourth-order valence-corrected chi connectivity index (χ4v) is 0.548. The maximum atomic E-state index is 12.2. The van der Waals surface area contributed by atoms with Crippen molar-refractivity contribution in [3.8, 4) is 0 Å². The highest BCUT2D eigenvalue weighted by Gasteiger charge is 2.11. The van der Waals surface area contributed by atoms with E-state index in [-0.39, 0.29) is 0 Å². The molecule has 0 aromatic carbocycles. The summed E-state index contributed by atoms with van der Waals surface area (Å²) in [6.07, 6.45) is -2.44. The SMILES string of the molecule is Fc1cnc(C(F)F)cc1F. The molecule has 0 spiro atoms. The van der Waals surface area contributed by atoms with Crippen LogP contribution >= 0.6 is 0 Å². The van der Waals surface area contributed by atoms with Crippen molar-refractivity contribution in [3.63, 3.8) is 0 Å². The maximum Gasteiger partial charge on any atom is 0.280 e. The number of hydrogen-bond acceptors (Lipinski definition) is 1. The third-order valence-corrected chi connectivity index (χ3v) is 1.05. The van der Waals surface area contributed by atoms with E-state index in [1.807, 2.05) is 0 Å². The summed E-state index contributed by atoms with van der Waals surface area (Å²) in [5.74, 6) is -2.54. The highest BCUT2D eigenvalue weighted by molar-refractivity contribution is 5.08. The van der Waals surface area contributed by atoms with Crippen molar-refractivity contribution in [3.05, 3.63) is 29.6 Å². The Hall–Kier alpha value is -1.13. The van der Waals surface area contributed by atoms with Crippen LogP contribution in [0.15, 0.2) is 12.3 Å². The van der Waals surface area contributed by atoms with Gasteiger partial charge in [-0.3, -0.25) is 4.98 Å². The second kappa shape index (κ2) is 2.86. The lowest BCUT2D eigenvalue weighted by Gasteiger charge is -1.97. The Balaban J connectivity index is 3.05. The second-order valence-electron chi connectivity index (χ2n) is 1.82. The molecular formula is C6H3F4N. The minimum Gasteiger partial charge on any atom is -0.252 e. The third kappa shape index (κ3) is 1.66. The number of hydrogen-bond donors (Lipinski definition) is 0. The van der Waals surface area contributed by atoms with Gasteiger partial charge in [-0.2, -0.15) is 0 Å². The average molecular weight is 165 g/mol. The summed E-state index contributed by atoms with van der Waals surface area (Å²) in [4.78, 5) is 2.97. The van der Waals surface area contributed by atoms with Crippen LogP contribution < -0.4 is 0 Å². The molecule has 11 heavy (non-hydrogen) atoms. The van der Waals surface area contributed by atoms with Gasteiger partial charge in [-0.1, -0.05) is 0 Å². The average Bonchev–Trinajstić information content (AvgIpc) is 1.94. The molecule has 0 bridgehead atoms. The van der Waals surface area contributed by atoms with E-state index in [0.29, 0.717) is 12.3 Å². The monoisotopic (exact) mass is 165 g/mol. The minimum absolute atomic E-state index is 0.375. The standard InChI is InChI=1S/C6H3F4N/c7-3-1-5(6(9)10)11-2-4(3)8/h1-2,6H. The van der Waals surface area contributed by atoms with Gasteiger partial charge in [0, 0.05) is 6.07 Å². The summed E-state index contributed by atoms with van der Waals surface area (Å²) in [5.41, 5.74) is -0.760. The van der Waals surface area contributed by atoms with Gasteiger partial charge in [0.2, 0.25) is 0 Å². The van der Waals surface area contributed by atoms with E-state index in [2.05, 4.69) is 4.98 Å². The van der Waals surface area contributed by atoms with Gasteiger partial charge in [-0.15, -0.1) is 0 Å². The smallest absolute Gasteiger partial charge is 0.252 e. The van der Waals surface area contributed by atoms with Gasteiger partial charge < -0.3 is 0 Å². The van der Waals surface area contributed by atoms with Gasteiger partial charge in [-0.25, -0.2) is 17.6 Å². The molecule has 0 aliphatic rings. The Kier molecular flexibility index (Phi) is 2.07. The van der Waals surface area contributed by atoms with Crippen LogP contribution in [0.3, 0.4) is 0 Å². The normalized spacial score (nSPS) is 10.6. The van der Waals surface area contributed by atoms with Crippen molar-refractivity contribution < 1.29 is 17.6 Å². The molecule has 0 N–H and O–H groups in total. The van der Waals surface area contributed by atoms with Gasteiger partial charge in [0.05, 0.1) is 6.20 Å². The van der Waals surface area contributed by atoms with Crippen LogP contribution in [0.4, 0.5) is 17.6 Å². The zero-order valence-corrected chi connectivity index (χ0v) is 5.19. The fourth-order valence-electron chi connectivity index (χ4n) is 0.548. The number of aromatic nitrogens is 1. The van der Waals surface area contributed by atoms with Gasteiger partial charge in [-0.05, 0) is 0 Å². The predicted molar refractivity (Wildman–Crippen MR) is 29.1 cm³/mol. The molecule has 0 saturated carbocycles. The van der Waals surface area contributed by atoms with Crippen molar-refractivity contribution in [2.45, 2.75) is 6.43 Å². The lowest BCUT2D eigenvalue weighted by molar-refractivity contribution is 0.145. The van der Waals surface area contributed by atoms with E-state index in [1.165, 1.54) is 0 Å². The van der Waals surface area contributed by atoms with Crippen molar-refractivity contribution >= 4 is 0 Å². The predicted octanol–water partition coefficient (Wildman–Crippen LogP) is 2.30. The number of halogens is 4. The highest BCUT2D eigenvalue weighted by atomic mass is 19.3. The molecule has 0 radical (unpaired) electrons. The summed E-state index contributed by atoms with van der Waals surface area (Å²) < 4.78 is 47.7. The Morgan fingerprint density at radius 3 is 2.27 bits per heavy atom. The molecule has 5 heteroatoms. The second-order valence-corrected chi connectivity index (χ2v) is 1.82. The summed E-state index contributed by atoms with van der Waals surface area (Å²) in [6.45, 7) is 0. The first-order chi connectivity index (χ1) is 5.11. The number of pyridine rings is 1. The van der Waals surface area contributed by atoms with Crippen molar-refractivity contribution in [1.82, 2.24) is 4.98 Å². The molecule has 0 saturated heterocycles. The lowest BCUT2D eigenvalue weighted by atomic mass is 10.3. The van der Waals surface area contributed by atoms with Gasteiger partial charge >= 0.3 is 0 Å². The summed E-state index contributed by atoms with van der Waals surface area (Å²) in [7, 11) is 0. The van der Waals surface area contributed by atoms with E-state index in [4.69, 9.17) is 0 Å². The molecule has 0 amide bonds. The zero-order chi connectivity index (χ0) is 8.43. The fraction of sp³-hybridized carbons (Fsp3) is 0.167.